The van der Waals surface area contributed by atoms with Gasteiger partial charge in [0.05, 0.1) is 0 Å². The Morgan fingerprint density at radius 1 is 1.33 bits per heavy atom. The fraction of sp³-hybridized carbons (Fsp3) is 0.500. The quantitative estimate of drug-likeness (QED) is 0.855. The van der Waals surface area contributed by atoms with E-state index in [2.05, 4.69) is 19.9 Å². The summed E-state index contributed by atoms with van der Waals surface area (Å²) < 4.78 is 0. The van der Waals surface area contributed by atoms with Crippen LogP contribution in [0, 0.1) is 12.8 Å². The van der Waals surface area contributed by atoms with E-state index in [0.29, 0.717) is 5.92 Å². The maximum atomic E-state index is 6.13. The van der Waals surface area contributed by atoms with Gasteiger partial charge >= 0.3 is 0 Å². The number of nitrogens with two attached hydrogens (primary N) is 1. The molecule has 2 N–H and O–H groups in total. The summed E-state index contributed by atoms with van der Waals surface area (Å²) in [5, 5.41) is 0.790. The summed E-state index contributed by atoms with van der Waals surface area (Å²) >= 11 is 6.13. The number of benzene rings is 1. The SMILES string of the molecule is Cc1ccc(C(N)CC(C)C)c(Cl)c1.Cl. The van der Waals surface area contributed by atoms with E-state index in [1.807, 2.05) is 19.1 Å². The maximum Gasteiger partial charge on any atom is 0.0456 e. The van der Waals surface area contributed by atoms with Gasteiger partial charge in [-0.15, -0.1) is 12.4 Å². The van der Waals surface area contributed by atoms with E-state index in [1.54, 1.807) is 0 Å². The molecule has 0 heterocycles. The van der Waals surface area contributed by atoms with Crippen LogP contribution in [-0.4, -0.2) is 0 Å². The van der Waals surface area contributed by atoms with Crippen LogP contribution in [0.3, 0.4) is 0 Å². The minimum Gasteiger partial charge on any atom is -0.324 e. The fourth-order valence-electron chi connectivity index (χ4n) is 1.57. The maximum absolute atomic E-state index is 6.13. The van der Waals surface area contributed by atoms with Crippen LogP contribution in [0.25, 0.3) is 0 Å². The second-order valence-electron chi connectivity index (χ2n) is 4.26. The summed E-state index contributed by atoms with van der Waals surface area (Å²) in [6.07, 6.45) is 0.975. The molecule has 0 aromatic heterocycles. The molecule has 0 spiro atoms. The standard InChI is InChI=1S/C12H18ClN.ClH/c1-8(2)6-12(14)10-5-4-9(3)7-11(10)13;/h4-5,7-8,12H,6,14H2,1-3H3;1H. The third kappa shape index (κ3) is 4.42. The van der Waals surface area contributed by atoms with E-state index in [9.17, 15) is 0 Å². The summed E-state index contributed by atoms with van der Waals surface area (Å²) in [6.45, 7) is 6.37. The van der Waals surface area contributed by atoms with Crippen molar-refractivity contribution >= 4 is 24.0 Å². The van der Waals surface area contributed by atoms with Crippen LogP contribution in [0.15, 0.2) is 18.2 Å². The Morgan fingerprint density at radius 3 is 2.40 bits per heavy atom. The summed E-state index contributed by atoms with van der Waals surface area (Å²) in [6, 6.07) is 6.12. The lowest BCUT2D eigenvalue weighted by molar-refractivity contribution is 0.510. The molecule has 0 bridgehead atoms. The number of hydrogen-bond donors (Lipinski definition) is 1. The van der Waals surface area contributed by atoms with Crippen LogP contribution in [0.4, 0.5) is 0 Å². The van der Waals surface area contributed by atoms with Gasteiger partial charge in [-0.2, -0.15) is 0 Å². The number of halogens is 2. The molecule has 15 heavy (non-hydrogen) atoms. The molecule has 86 valence electrons. The highest BCUT2D eigenvalue weighted by Gasteiger charge is 2.11. The highest BCUT2D eigenvalue weighted by molar-refractivity contribution is 6.31. The van der Waals surface area contributed by atoms with Gasteiger partial charge in [-0.25, -0.2) is 0 Å². The Balaban J connectivity index is 0.00000196. The number of hydrogen-bond acceptors (Lipinski definition) is 1. The molecule has 0 radical (unpaired) electrons. The van der Waals surface area contributed by atoms with Gasteiger partial charge in [0, 0.05) is 11.1 Å². The Morgan fingerprint density at radius 2 is 1.93 bits per heavy atom. The zero-order chi connectivity index (χ0) is 10.7. The van der Waals surface area contributed by atoms with Gasteiger partial charge in [0.15, 0.2) is 0 Å². The van der Waals surface area contributed by atoms with Crippen molar-refractivity contribution in [3.63, 3.8) is 0 Å². The number of aryl methyl sites for hydroxylation is 1. The van der Waals surface area contributed by atoms with Crippen molar-refractivity contribution in [2.24, 2.45) is 11.7 Å². The molecule has 1 aromatic carbocycles. The summed E-state index contributed by atoms with van der Waals surface area (Å²) in [4.78, 5) is 0. The second-order valence-corrected chi connectivity index (χ2v) is 4.67. The van der Waals surface area contributed by atoms with Gasteiger partial charge in [-0.3, -0.25) is 0 Å². The van der Waals surface area contributed by atoms with E-state index in [1.165, 1.54) is 5.56 Å². The Bertz CT molecular complexity index is 310. The van der Waals surface area contributed by atoms with E-state index in [-0.39, 0.29) is 18.4 Å². The molecule has 0 fully saturated rings. The lowest BCUT2D eigenvalue weighted by atomic mass is 9.97. The van der Waals surface area contributed by atoms with Crippen molar-refractivity contribution in [1.29, 1.82) is 0 Å². The average Bonchev–Trinajstić information content (AvgIpc) is 2.01. The zero-order valence-corrected chi connectivity index (χ0v) is 11.0. The molecular formula is C12H19Cl2N. The zero-order valence-electron chi connectivity index (χ0n) is 9.46. The van der Waals surface area contributed by atoms with Gasteiger partial charge < -0.3 is 5.73 Å². The topological polar surface area (TPSA) is 26.0 Å². The van der Waals surface area contributed by atoms with Gasteiger partial charge in [-0.1, -0.05) is 37.6 Å². The van der Waals surface area contributed by atoms with E-state index >= 15 is 0 Å². The third-order valence-electron chi connectivity index (χ3n) is 2.28. The van der Waals surface area contributed by atoms with Crippen molar-refractivity contribution in [1.82, 2.24) is 0 Å². The molecule has 0 amide bonds. The molecule has 1 nitrogen and oxygen atoms in total. The van der Waals surface area contributed by atoms with Crippen molar-refractivity contribution in [2.75, 3.05) is 0 Å². The number of rotatable bonds is 3. The monoisotopic (exact) mass is 247 g/mol. The van der Waals surface area contributed by atoms with Crippen LogP contribution >= 0.6 is 24.0 Å². The fourth-order valence-corrected chi connectivity index (χ4v) is 1.94. The van der Waals surface area contributed by atoms with Gasteiger partial charge in [0.25, 0.3) is 0 Å². The molecule has 0 aliphatic heterocycles. The van der Waals surface area contributed by atoms with Crippen molar-refractivity contribution in [3.8, 4) is 0 Å². The first-order chi connectivity index (χ1) is 6.50. The highest BCUT2D eigenvalue weighted by atomic mass is 35.5. The molecule has 3 heteroatoms. The molecule has 1 rings (SSSR count). The van der Waals surface area contributed by atoms with Crippen molar-refractivity contribution < 1.29 is 0 Å². The lowest BCUT2D eigenvalue weighted by Crippen LogP contribution is -2.13. The smallest absolute Gasteiger partial charge is 0.0456 e. The van der Waals surface area contributed by atoms with Crippen LogP contribution in [0.2, 0.25) is 5.02 Å². The van der Waals surface area contributed by atoms with Crippen LogP contribution in [0.1, 0.15) is 37.4 Å². The summed E-state index contributed by atoms with van der Waals surface area (Å²) in [7, 11) is 0. The average molecular weight is 248 g/mol. The Kier molecular flexibility index (Phi) is 6.26. The van der Waals surface area contributed by atoms with E-state index in [0.717, 1.165) is 17.0 Å². The first kappa shape index (κ1) is 14.8. The van der Waals surface area contributed by atoms with Crippen LogP contribution in [0.5, 0.6) is 0 Å². The molecule has 0 aliphatic carbocycles. The minimum atomic E-state index is 0. The molecule has 1 atom stereocenters. The van der Waals surface area contributed by atoms with E-state index < -0.39 is 0 Å². The Labute approximate surface area is 103 Å². The molecular weight excluding hydrogens is 229 g/mol. The van der Waals surface area contributed by atoms with Crippen LogP contribution < -0.4 is 5.73 Å². The van der Waals surface area contributed by atoms with Gasteiger partial charge in [0.1, 0.15) is 0 Å². The second kappa shape index (κ2) is 6.37. The summed E-state index contributed by atoms with van der Waals surface area (Å²) in [5.41, 5.74) is 8.30. The van der Waals surface area contributed by atoms with E-state index in [4.69, 9.17) is 17.3 Å². The molecule has 1 unspecified atom stereocenters. The Hall–Kier alpha value is -0.240. The molecule has 0 saturated heterocycles. The third-order valence-corrected chi connectivity index (χ3v) is 2.61. The lowest BCUT2D eigenvalue weighted by Gasteiger charge is -2.16. The summed E-state index contributed by atoms with van der Waals surface area (Å²) in [5.74, 6) is 0.599. The normalized spacial score (nSPS) is 12.4. The predicted octanol–water partition coefficient (Wildman–Crippen LogP) is 4.12. The minimum absolute atomic E-state index is 0. The van der Waals surface area contributed by atoms with Crippen LogP contribution in [-0.2, 0) is 0 Å². The van der Waals surface area contributed by atoms with Gasteiger partial charge in [-0.05, 0) is 36.5 Å². The van der Waals surface area contributed by atoms with Crippen molar-refractivity contribution in [3.05, 3.63) is 34.3 Å². The predicted molar refractivity (Wildman–Crippen MR) is 69.8 cm³/mol. The largest absolute Gasteiger partial charge is 0.324 e. The van der Waals surface area contributed by atoms with Gasteiger partial charge in [0.2, 0.25) is 0 Å². The highest BCUT2D eigenvalue weighted by Crippen LogP contribution is 2.26. The first-order valence-corrected chi connectivity index (χ1v) is 5.40. The molecule has 0 aliphatic rings. The first-order valence-electron chi connectivity index (χ1n) is 5.02. The molecule has 0 saturated carbocycles. The van der Waals surface area contributed by atoms with Crippen molar-refractivity contribution in [2.45, 2.75) is 33.2 Å². The molecule has 1 aromatic rings.